The number of rotatable bonds is 5. The minimum absolute atomic E-state index is 0.164. The predicted molar refractivity (Wildman–Crippen MR) is 69.6 cm³/mol. The SMILES string of the molecule is COCCN1CCC(N)C1c1ccc(OC)nc1. The molecule has 18 heavy (non-hydrogen) atoms. The number of aromatic nitrogens is 1. The van der Waals surface area contributed by atoms with Crippen molar-refractivity contribution in [1.29, 1.82) is 0 Å². The maximum atomic E-state index is 6.20. The smallest absolute Gasteiger partial charge is 0.212 e. The molecule has 0 amide bonds. The number of methoxy groups -OCH3 is 2. The van der Waals surface area contributed by atoms with Crippen molar-refractivity contribution in [1.82, 2.24) is 9.88 Å². The summed E-state index contributed by atoms with van der Waals surface area (Å²) < 4.78 is 10.2. The van der Waals surface area contributed by atoms with Crippen LogP contribution in [0.2, 0.25) is 0 Å². The van der Waals surface area contributed by atoms with E-state index in [1.807, 2.05) is 18.3 Å². The Morgan fingerprint density at radius 2 is 2.28 bits per heavy atom. The van der Waals surface area contributed by atoms with Gasteiger partial charge in [0.1, 0.15) is 0 Å². The van der Waals surface area contributed by atoms with Crippen LogP contribution in [0.1, 0.15) is 18.0 Å². The van der Waals surface area contributed by atoms with Crippen molar-refractivity contribution in [2.45, 2.75) is 18.5 Å². The number of hydrogen-bond donors (Lipinski definition) is 1. The van der Waals surface area contributed by atoms with E-state index in [0.29, 0.717) is 5.88 Å². The summed E-state index contributed by atoms with van der Waals surface area (Å²) in [6, 6.07) is 4.33. The van der Waals surface area contributed by atoms with Crippen LogP contribution in [0, 0.1) is 0 Å². The van der Waals surface area contributed by atoms with Gasteiger partial charge in [-0.25, -0.2) is 4.98 Å². The zero-order chi connectivity index (χ0) is 13.0. The standard InChI is InChI=1S/C13H21N3O2/c1-17-8-7-16-6-5-11(14)13(16)10-3-4-12(18-2)15-9-10/h3-4,9,11,13H,5-8,14H2,1-2H3. The van der Waals surface area contributed by atoms with Crippen molar-refractivity contribution in [2.24, 2.45) is 5.73 Å². The van der Waals surface area contributed by atoms with Crippen LogP contribution in [0.15, 0.2) is 18.3 Å². The fraction of sp³-hybridized carbons (Fsp3) is 0.615. The molecule has 1 aliphatic rings. The van der Waals surface area contributed by atoms with E-state index in [4.69, 9.17) is 15.2 Å². The van der Waals surface area contributed by atoms with E-state index in [0.717, 1.165) is 31.7 Å². The Bertz CT molecular complexity index is 369. The van der Waals surface area contributed by atoms with E-state index in [1.54, 1.807) is 14.2 Å². The number of nitrogens with zero attached hydrogens (tertiary/aromatic N) is 2. The van der Waals surface area contributed by atoms with Crippen molar-refractivity contribution in [2.75, 3.05) is 33.9 Å². The van der Waals surface area contributed by atoms with Gasteiger partial charge in [-0.1, -0.05) is 6.07 Å². The van der Waals surface area contributed by atoms with Gasteiger partial charge in [0.2, 0.25) is 5.88 Å². The van der Waals surface area contributed by atoms with Crippen LogP contribution >= 0.6 is 0 Å². The van der Waals surface area contributed by atoms with Crippen LogP contribution < -0.4 is 10.5 Å². The highest BCUT2D eigenvalue weighted by Crippen LogP contribution is 2.30. The van der Waals surface area contributed by atoms with Crippen molar-refractivity contribution in [3.8, 4) is 5.88 Å². The number of ether oxygens (including phenoxy) is 2. The Morgan fingerprint density at radius 3 is 2.89 bits per heavy atom. The maximum absolute atomic E-state index is 6.20. The van der Waals surface area contributed by atoms with Crippen LogP contribution in [0.25, 0.3) is 0 Å². The Kier molecular flexibility index (Phi) is 4.52. The first-order valence-corrected chi connectivity index (χ1v) is 6.24. The minimum Gasteiger partial charge on any atom is -0.481 e. The first-order chi connectivity index (χ1) is 8.76. The number of nitrogens with two attached hydrogens (primary N) is 1. The van der Waals surface area contributed by atoms with Gasteiger partial charge in [0.25, 0.3) is 0 Å². The molecule has 0 bridgehead atoms. The van der Waals surface area contributed by atoms with Gasteiger partial charge in [-0.15, -0.1) is 0 Å². The molecule has 0 spiro atoms. The van der Waals surface area contributed by atoms with E-state index in [9.17, 15) is 0 Å². The van der Waals surface area contributed by atoms with E-state index in [2.05, 4.69) is 9.88 Å². The lowest BCUT2D eigenvalue weighted by molar-refractivity contribution is 0.139. The molecule has 2 N–H and O–H groups in total. The first-order valence-electron chi connectivity index (χ1n) is 6.24. The number of likely N-dealkylation sites (tertiary alicyclic amines) is 1. The van der Waals surface area contributed by atoms with Crippen LogP contribution in [-0.2, 0) is 4.74 Å². The molecule has 1 aromatic rings. The first kappa shape index (κ1) is 13.3. The molecule has 0 saturated carbocycles. The molecule has 1 fully saturated rings. The Balaban J connectivity index is 2.11. The summed E-state index contributed by atoms with van der Waals surface area (Å²) in [4.78, 5) is 6.61. The summed E-state index contributed by atoms with van der Waals surface area (Å²) in [5.74, 6) is 0.633. The van der Waals surface area contributed by atoms with Crippen molar-refractivity contribution < 1.29 is 9.47 Å². The second kappa shape index (κ2) is 6.13. The lowest BCUT2D eigenvalue weighted by Gasteiger charge is -2.26. The third kappa shape index (κ3) is 2.80. The molecule has 1 aromatic heterocycles. The second-order valence-corrected chi connectivity index (χ2v) is 4.56. The highest BCUT2D eigenvalue weighted by atomic mass is 16.5. The molecule has 5 nitrogen and oxygen atoms in total. The molecule has 2 rings (SSSR count). The quantitative estimate of drug-likeness (QED) is 0.839. The number of hydrogen-bond acceptors (Lipinski definition) is 5. The summed E-state index contributed by atoms with van der Waals surface area (Å²) in [6.45, 7) is 2.65. The number of pyridine rings is 1. The molecule has 2 heterocycles. The monoisotopic (exact) mass is 251 g/mol. The Morgan fingerprint density at radius 1 is 1.44 bits per heavy atom. The van der Waals surface area contributed by atoms with Gasteiger partial charge >= 0.3 is 0 Å². The van der Waals surface area contributed by atoms with Crippen molar-refractivity contribution in [3.63, 3.8) is 0 Å². The predicted octanol–water partition coefficient (Wildman–Crippen LogP) is 0.811. The summed E-state index contributed by atoms with van der Waals surface area (Å²) in [5.41, 5.74) is 7.35. The molecule has 0 radical (unpaired) electrons. The fourth-order valence-corrected chi connectivity index (χ4v) is 2.49. The van der Waals surface area contributed by atoms with Crippen LogP contribution in [0.3, 0.4) is 0 Å². The van der Waals surface area contributed by atoms with E-state index in [-0.39, 0.29) is 12.1 Å². The van der Waals surface area contributed by atoms with E-state index in [1.165, 1.54) is 0 Å². The topological polar surface area (TPSA) is 60.6 Å². The molecule has 2 atom stereocenters. The van der Waals surface area contributed by atoms with Crippen LogP contribution in [0.4, 0.5) is 0 Å². The summed E-state index contributed by atoms with van der Waals surface area (Å²) in [5, 5.41) is 0. The second-order valence-electron chi connectivity index (χ2n) is 4.56. The highest BCUT2D eigenvalue weighted by Gasteiger charge is 2.32. The van der Waals surface area contributed by atoms with Gasteiger partial charge in [-0.3, -0.25) is 4.90 Å². The highest BCUT2D eigenvalue weighted by molar-refractivity contribution is 5.23. The molecular formula is C13H21N3O2. The lowest BCUT2D eigenvalue weighted by Crippen LogP contribution is -2.33. The molecule has 0 aliphatic carbocycles. The summed E-state index contributed by atoms with van der Waals surface area (Å²) in [7, 11) is 3.34. The Labute approximate surface area is 108 Å². The molecular weight excluding hydrogens is 230 g/mol. The lowest BCUT2D eigenvalue weighted by atomic mass is 10.0. The Hall–Kier alpha value is -1.17. The molecule has 1 saturated heterocycles. The van der Waals surface area contributed by atoms with Gasteiger partial charge in [0, 0.05) is 38.5 Å². The third-order valence-electron chi connectivity index (χ3n) is 3.44. The van der Waals surface area contributed by atoms with Crippen LogP contribution in [-0.4, -0.2) is 49.8 Å². The summed E-state index contributed by atoms with van der Waals surface area (Å²) >= 11 is 0. The van der Waals surface area contributed by atoms with E-state index >= 15 is 0 Å². The van der Waals surface area contributed by atoms with Crippen LogP contribution in [0.5, 0.6) is 5.88 Å². The van der Waals surface area contributed by atoms with Gasteiger partial charge in [-0.2, -0.15) is 0 Å². The fourth-order valence-electron chi connectivity index (χ4n) is 2.49. The molecule has 0 aromatic carbocycles. The normalized spacial score (nSPS) is 24.4. The zero-order valence-electron chi connectivity index (χ0n) is 11.0. The van der Waals surface area contributed by atoms with Crippen molar-refractivity contribution in [3.05, 3.63) is 23.9 Å². The average molecular weight is 251 g/mol. The van der Waals surface area contributed by atoms with Gasteiger partial charge < -0.3 is 15.2 Å². The van der Waals surface area contributed by atoms with Gasteiger partial charge in [0.15, 0.2) is 0 Å². The molecule has 5 heteroatoms. The maximum Gasteiger partial charge on any atom is 0.212 e. The minimum atomic E-state index is 0.164. The molecule has 100 valence electrons. The third-order valence-corrected chi connectivity index (χ3v) is 3.44. The van der Waals surface area contributed by atoms with E-state index < -0.39 is 0 Å². The van der Waals surface area contributed by atoms with Gasteiger partial charge in [0.05, 0.1) is 19.8 Å². The molecule has 1 aliphatic heterocycles. The average Bonchev–Trinajstić information content (AvgIpc) is 2.77. The van der Waals surface area contributed by atoms with Crippen molar-refractivity contribution >= 4 is 0 Å². The summed E-state index contributed by atoms with van der Waals surface area (Å²) in [6.07, 6.45) is 2.87. The zero-order valence-corrected chi connectivity index (χ0v) is 11.0. The largest absolute Gasteiger partial charge is 0.481 e. The van der Waals surface area contributed by atoms with Gasteiger partial charge in [-0.05, 0) is 12.0 Å². The molecule has 2 unspecified atom stereocenters.